The molecule has 2 atom stereocenters. The predicted octanol–water partition coefficient (Wildman–Crippen LogP) is 2.38. The van der Waals surface area contributed by atoms with E-state index in [4.69, 9.17) is 0 Å². The number of H-pyrrole nitrogens is 1. The molecule has 1 amide bonds. The molecule has 1 saturated heterocycles. The van der Waals surface area contributed by atoms with E-state index in [1.165, 1.54) is 12.8 Å². The zero-order valence-corrected chi connectivity index (χ0v) is 14.3. The number of fused-ring (bicyclic) bond motifs is 1. The lowest BCUT2D eigenvalue weighted by molar-refractivity contribution is 0.0915. The second kappa shape index (κ2) is 7.18. The van der Waals surface area contributed by atoms with E-state index in [0.717, 1.165) is 30.9 Å². The minimum absolute atomic E-state index is 0.0396. The Balaban J connectivity index is 1.67. The molecule has 0 saturated carbocycles. The van der Waals surface area contributed by atoms with Crippen molar-refractivity contribution in [3.63, 3.8) is 0 Å². The Labute approximate surface area is 142 Å². The molecule has 1 aliphatic heterocycles. The van der Waals surface area contributed by atoms with Crippen molar-refractivity contribution in [1.82, 2.24) is 15.2 Å². The molecule has 5 heteroatoms. The van der Waals surface area contributed by atoms with Crippen LogP contribution in [0.15, 0.2) is 35.1 Å². The Morgan fingerprint density at radius 1 is 1.42 bits per heavy atom. The quantitative estimate of drug-likeness (QED) is 0.906. The van der Waals surface area contributed by atoms with Crippen molar-refractivity contribution in [1.29, 1.82) is 0 Å². The van der Waals surface area contributed by atoms with Crippen LogP contribution in [0.2, 0.25) is 0 Å². The number of nitrogens with zero attached hydrogens (tertiary/aromatic N) is 1. The van der Waals surface area contributed by atoms with Crippen molar-refractivity contribution >= 4 is 16.7 Å². The van der Waals surface area contributed by atoms with Crippen molar-refractivity contribution in [3.05, 3.63) is 46.4 Å². The van der Waals surface area contributed by atoms with Crippen LogP contribution in [0.5, 0.6) is 0 Å². The molecule has 24 heavy (non-hydrogen) atoms. The minimum Gasteiger partial charge on any atom is -0.347 e. The van der Waals surface area contributed by atoms with Gasteiger partial charge in [-0.05, 0) is 49.7 Å². The number of carbonyl (C=O) groups is 1. The van der Waals surface area contributed by atoms with E-state index in [1.807, 2.05) is 25.1 Å². The minimum atomic E-state index is -0.226. The Bertz CT molecular complexity index is 784. The molecule has 2 heterocycles. The SMILES string of the molecule is CC1CCCN(CC(C)NC(=O)c2cc3ccccc3c(=O)[nH]2)C1. The molecule has 0 radical (unpaired) electrons. The largest absolute Gasteiger partial charge is 0.347 e. The van der Waals surface area contributed by atoms with Gasteiger partial charge in [0.15, 0.2) is 0 Å². The zero-order chi connectivity index (χ0) is 17.1. The number of aromatic nitrogens is 1. The number of aromatic amines is 1. The maximum absolute atomic E-state index is 12.5. The maximum Gasteiger partial charge on any atom is 0.268 e. The molecule has 3 rings (SSSR count). The fourth-order valence-electron chi connectivity index (χ4n) is 3.52. The topological polar surface area (TPSA) is 65.2 Å². The van der Waals surface area contributed by atoms with Gasteiger partial charge in [0.05, 0.1) is 0 Å². The zero-order valence-electron chi connectivity index (χ0n) is 14.3. The van der Waals surface area contributed by atoms with Gasteiger partial charge >= 0.3 is 0 Å². The van der Waals surface area contributed by atoms with E-state index in [-0.39, 0.29) is 17.5 Å². The number of hydrogen-bond acceptors (Lipinski definition) is 3. The fraction of sp³-hybridized carbons (Fsp3) is 0.474. The van der Waals surface area contributed by atoms with E-state index in [1.54, 1.807) is 12.1 Å². The summed E-state index contributed by atoms with van der Waals surface area (Å²) in [6, 6.07) is 9.07. The first-order valence-electron chi connectivity index (χ1n) is 8.68. The Kier molecular flexibility index (Phi) is 5.00. The lowest BCUT2D eigenvalue weighted by Crippen LogP contribution is -2.45. The van der Waals surface area contributed by atoms with Crippen molar-refractivity contribution in [2.24, 2.45) is 5.92 Å². The molecule has 0 bridgehead atoms. The summed E-state index contributed by atoms with van der Waals surface area (Å²) in [5.41, 5.74) is 0.0910. The summed E-state index contributed by atoms with van der Waals surface area (Å²) in [5.74, 6) is 0.494. The Hall–Kier alpha value is -2.14. The molecule has 0 spiro atoms. The summed E-state index contributed by atoms with van der Waals surface area (Å²) >= 11 is 0. The van der Waals surface area contributed by atoms with Gasteiger partial charge in [0.2, 0.25) is 0 Å². The van der Waals surface area contributed by atoms with E-state index in [0.29, 0.717) is 11.1 Å². The maximum atomic E-state index is 12.5. The monoisotopic (exact) mass is 327 g/mol. The Morgan fingerprint density at radius 2 is 2.21 bits per heavy atom. The average Bonchev–Trinajstić information content (AvgIpc) is 2.54. The van der Waals surface area contributed by atoms with Crippen molar-refractivity contribution in [2.75, 3.05) is 19.6 Å². The third-order valence-corrected chi connectivity index (χ3v) is 4.65. The molecule has 2 unspecified atom stereocenters. The summed E-state index contributed by atoms with van der Waals surface area (Å²) in [7, 11) is 0. The van der Waals surface area contributed by atoms with Gasteiger partial charge in [0, 0.05) is 24.5 Å². The number of hydrogen-bond donors (Lipinski definition) is 2. The van der Waals surface area contributed by atoms with Crippen LogP contribution in [0.3, 0.4) is 0 Å². The van der Waals surface area contributed by atoms with Crippen LogP contribution >= 0.6 is 0 Å². The van der Waals surface area contributed by atoms with Crippen LogP contribution in [0.4, 0.5) is 0 Å². The molecule has 1 aromatic heterocycles. The number of amides is 1. The van der Waals surface area contributed by atoms with Gasteiger partial charge in [-0.1, -0.05) is 25.1 Å². The fourth-order valence-corrected chi connectivity index (χ4v) is 3.52. The molecular weight excluding hydrogens is 302 g/mol. The molecular formula is C19H25N3O2. The van der Waals surface area contributed by atoms with Crippen molar-refractivity contribution < 1.29 is 4.79 Å². The average molecular weight is 327 g/mol. The number of rotatable bonds is 4. The van der Waals surface area contributed by atoms with Gasteiger partial charge in [-0.15, -0.1) is 0 Å². The second-order valence-electron chi connectivity index (χ2n) is 6.98. The molecule has 0 aliphatic carbocycles. The highest BCUT2D eigenvalue weighted by Gasteiger charge is 2.19. The number of carbonyl (C=O) groups excluding carboxylic acids is 1. The van der Waals surface area contributed by atoms with E-state index >= 15 is 0 Å². The summed E-state index contributed by atoms with van der Waals surface area (Å²) in [5, 5.41) is 4.38. The van der Waals surface area contributed by atoms with Crippen LogP contribution in [-0.4, -0.2) is 41.5 Å². The normalized spacial score (nSPS) is 20.0. The van der Waals surface area contributed by atoms with Crippen molar-refractivity contribution in [3.8, 4) is 0 Å². The van der Waals surface area contributed by atoms with E-state index in [2.05, 4.69) is 22.1 Å². The van der Waals surface area contributed by atoms with Crippen LogP contribution in [0.25, 0.3) is 10.8 Å². The molecule has 128 valence electrons. The summed E-state index contributed by atoms with van der Waals surface area (Å²) in [6.07, 6.45) is 2.51. The van der Waals surface area contributed by atoms with Gasteiger partial charge in [-0.25, -0.2) is 0 Å². The smallest absolute Gasteiger partial charge is 0.268 e. The van der Waals surface area contributed by atoms with Crippen molar-refractivity contribution in [2.45, 2.75) is 32.7 Å². The van der Waals surface area contributed by atoms with Crippen LogP contribution < -0.4 is 10.9 Å². The standard InChI is InChI=1S/C19H25N3O2/c1-13-6-5-9-22(11-13)12-14(2)20-19(24)17-10-15-7-3-4-8-16(15)18(23)21-17/h3-4,7-8,10,13-14H,5-6,9,11-12H2,1-2H3,(H,20,24)(H,21,23). The van der Waals surface area contributed by atoms with Gasteiger partial charge in [-0.3, -0.25) is 9.59 Å². The third-order valence-electron chi connectivity index (χ3n) is 4.65. The summed E-state index contributed by atoms with van der Waals surface area (Å²) in [6.45, 7) is 7.31. The summed E-state index contributed by atoms with van der Waals surface area (Å²) in [4.78, 5) is 29.6. The lowest BCUT2D eigenvalue weighted by Gasteiger charge is -2.32. The van der Waals surface area contributed by atoms with E-state index in [9.17, 15) is 9.59 Å². The highest BCUT2D eigenvalue weighted by atomic mass is 16.2. The van der Waals surface area contributed by atoms with Crippen LogP contribution in [0, 0.1) is 5.92 Å². The number of nitrogens with one attached hydrogen (secondary N) is 2. The van der Waals surface area contributed by atoms with Gasteiger partial charge < -0.3 is 15.2 Å². The first kappa shape index (κ1) is 16.7. The highest BCUT2D eigenvalue weighted by Crippen LogP contribution is 2.15. The lowest BCUT2D eigenvalue weighted by atomic mass is 10.00. The van der Waals surface area contributed by atoms with Gasteiger partial charge in [0.1, 0.15) is 5.69 Å². The molecule has 2 aromatic rings. The predicted molar refractivity (Wildman–Crippen MR) is 96.3 cm³/mol. The number of pyridine rings is 1. The number of likely N-dealkylation sites (tertiary alicyclic amines) is 1. The van der Waals surface area contributed by atoms with Gasteiger partial charge in [-0.2, -0.15) is 0 Å². The summed E-state index contributed by atoms with van der Waals surface area (Å²) < 4.78 is 0. The molecule has 1 aromatic carbocycles. The molecule has 2 N–H and O–H groups in total. The highest BCUT2D eigenvalue weighted by molar-refractivity contribution is 5.96. The van der Waals surface area contributed by atoms with Crippen LogP contribution in [-0.2, 0) is 0 Å². The number of piperidine rings is 1. The first-order valence-corrected chi connectivity index (χ1v) is 8.68. The second-order valence-corrected chi connectivity index (χ2v) is 6.98. The van der Waals surface area contributed by atoms with Gasteiger partial charge in [0.25, 0.3) is 11.5 Å². The molecule has 5 nitrogen and oxygen atoms in total. The molecule has 1 fully saturated rings. The number of benzene rings is 1. The third kappa shape index (κ3) is 3.85. The van der Waals surface area contributed by atoms with E-state index < -0.39 is 0 Å². The van der Waals surface area contributed by atoms with Crippen LogP contribution in [0.1, 0.15) is 37.2 Å². The first-order chi connectivity index (χ1) is 11.5. The molecule has 1 aliphatic rings. The Morgan fingerprint density at radius 3 is 3.00 bits per heavy atom.